The van der Waals surface area contributed by atoms with Gasteiger partial charge in [0.25, 0.3) is 0 Å². The van der Waals surface area contributed by atoms with Crippen molar-refractivity contribution in [3.8, 4) is 0 Å². The van der Waals surface area contributed by atoms with Crippen LogP contribution in [-0.4, -0.2) is 39.4 Å². The van der Waals surface area contributed by atoms with Crippen molar-refractivity contribution in [3.05, 3.63) is 22.6 Å². The first-order valence-corrected chi connectivity index (χ1v) is 6.04. The van der Waals surface area contributed by atoms with Crippen LogP contribution in [0, 0.1) is 5.92 Å². The van der Waals surface area contributed by atoms with Crippen molar-refractivity contribution in [2.75, 3.05) is 18.5 Å². The Labute approximate surface area is 104 Å². The number of hydrogen-bond acceptors (Lipinski definition) is 5. The van der Waals surface area contributed by atoms with Gasteiger partial charge >= 0.3 is 5.69 Å². The van der Waals surface area contributed by atoms with E-state index in [1.807, 2.05) is 13.1 Å². The SMILES string of the molecule is CN(CC1CC(N)C1)c1ccc2n[nH]c(=O)n2n1. The van der Waals surface area contributed by atoms with E-state index in [1.54, 1.807) is 6.07 Å². The molecule has 0 amide bonds. The second-order valence-corrected chi connectivity index (χ2v) is 4.97. The minimum Gasteiger partial charge on any atom is -0.358 e. The Kier molecular flexibility index (Phi) is 2.55. The Balaban J connectivity index is 1.80. The monoisotopic (exact) mass is 248 g/mol. The summed E-state index contributed by atoms with van der Waals surface area (Å²) >= 11 is 0. The molecule has 0 atom stereocenters. The molecule has 7 heteroatoms. The molecule has 0 saturated heterocycles. The number of fused-ring (bicyclic) bond motifs is 1. The van der Waals surface area contributed by atoms with Crippen LogP contribution < -0.4 is 16.3 Å². The van der Waals surface area contributed by atoms with Crippen LogP contribution >= 0.6 is 0 Å². The third-order valence-corrected chi connectivity index (χ3v) is 3.45. The summed E-state index contributed by atoms with van der Waals surface area (Å²) in [5.41, 5.74) is 5.99. The van der Waals surface area contributed by atoms with E-state index in [1.165, 1.54) is 4.52 Å². The first-order chi connectivity index (χ1) is 8.63. The van der Waals surface area contributed by atoms with E-state index in [0.29, 0.717) is 17.6 Å². The maximum atomic E-state index is 11.4. The molecule has 0 unspecified atom stereocenters. The molecule has 2 aromatic rings. The van der Waals surface area contributed by atoms with E-state index in [2.05, 4.69) is 20.2 Å². The summed E-state index contributed by atoms with van der Waals surface area (Å²) in [5.74, 6) is 1.40. The van der Waals surface area contributed by atoms with E-state index in [9.17, 15) is 4.79 Å². The highest BCUT2D eigenvalue weighted by Crippen LogP contribution is 2.27. The minimum atomic E-state index is -0.314. The largest absolute Gasteiger partial charge is 0.364 e. The van der Waals surface area contributed by atoms with Gasteiger partial charge in [0.05, 0.1) is 0 Å². The van der Waals surface area contributed by atoms with Gasteiger partial charge in [0.1, 0.15) is 5.82 Å². The van der Waals surface area contributed by atoms with Crippen LogP contribution in [-0.2, 0) is 0 Å². The van der Waals surface area contributed by atoms with Crippen LogP contribution in [0.25, 0.3) is 5.65 Å². The number of aromatic amines is 1. The lowest BCUT2D eigenvalue weighted by atomic mass is 9.81. The zero-order valence-corrected chi connectivity index (χ0v) is 10.2. The first kappa shape index (κ1) is 11.2. The topological polar surface area (TPSA) is 92.3 Å². The Morgan fingerprint density at radius 2 is 2.33 bits per heavy atom. The highest BCUT2D eigenvalue weighted by Gasteiger charge is 2.27. The van der Waals surface area contributed by atoms with Gasteiger partial charge in [-0.2, -0.15) is 9.61 Å². The summed E-state index contributed by atoms with van der Waals surface area (Å²) < 4.78 is 1.28. The highest BCUT2D eigenvalue weighted by atomic mass is 16.2. The minimum absolute atomic E-state index is 0.314. The zero-order chi connectivity index (χ0) is 12.7. The lowest BCUT2D eigenvalue weighted by Gasteiger charge is -2.35. The van der Waals surface area contributed by atoms with E-state index in [-0.39, 0.29) is 5.69 Å². The van der Waals surface area contributed by atoms with Crippen molar-refractivity contribution in [1.82, 2.24) is 19.8 Å². The lowest BCUT2D eigenvalue weighted by Crippen LogP contribution is -2.42. The Hall–Kier alpha value is -1.89. The molecular weight excluding hydrogens is 232 g/mol. The molecule has 0 aromatic carbocycles. The molecule has 1 aliphatic rings. The molecule has 1 fully saturated rings. The molecule has 3 N–H and O–H groups in total. The normalized spacial score (nSPS) is 23.0. The molecule has 3 rings (SSSR count). The Morgan fingerprint density at radius 1 is 1.56 bits per heavy atom. The number of anilines is 1. The Morgan fingerprint density at radius 3 is 3.06 bits per heavy atom. The van der Waals surface area contributed by atoms with Gasteiger partial charge < -0.3 is 10.6 Å². The van der Waals surface area contributed by atoms with Gasteiger partial charge in [-0.05, 0) is 30.9 Å². The van der Waals surface area contributed by atoms with Crippen LogP contribution in [0.1, 0.15) is 12.8 Å². The number of nitrogens with zero attached hydrogens (tertiary/aromatic N) is 4. The third-order valence-electron chi connectivity index (χ3n) is 3.45. The summed E-state index contributed by atoms with van der Waals surface area (Å²) in [5, 5.41) is 10.5. The lowest BCUT2D eigenvalue weighted by molar-refractivity contribution is 0.270. The molecule has 0 radical (unpaired) electrons. The summed E-state index contributed by atoms with van der Waals surface area (Å²) in [6, 6.07) is 4.01. The van der Waals surface area contributed by atoms with Gasteiger partial charge in [0, 0.05) is 19.6 Å². The van der Waals surface area contributed by atoms with Crippen molar-refractivity contribution < 1.29 is 0 Å². The molecule has 18 heavy (non-hydrogen) atoms. The molecular formula is C11H16N6O. The van der Waals surface area contributed by atoms with Crippen LogP contribution in [0.15, 0.2) is 16.9 Å². The van der Waals surface area contributed by atoms with Gasteiger partial charge in [0.2, 0.25) is 0 Å². The van der Waals surface area contributed by atoms with Crippen molar-refractivity contribution in [1.29, 1.82) is 0 Å². The maximum absolute atomic E-state index is 11.4. The predicted octanol–water partition coefficient (Wildman–Crippen LogP) is -0.409. The summed E-state index contributed by atoms with van der Waals surface area (Å²) in [6.45, 7) is 0.915. The van der Waals surface area contributed by atoms with Gasteiger partial charge in [-0.3, -0.25) is 0 Å². The second-order valence-electron chi connectivity index (χ2n) is 4.97. The van der Waals surface area contributed by atoms with Gasteiger partial charge in [-0.25, -0.2) is 9.89 Å². The quantitative estimate of drug-likeness (QED) is 0.770. The zero-order valence-electron chi connectivity index (χ0n) is 10.2. The molecule has 2 aromatic heterocycles. The van der Waals surface area contributed by atoms with E-state index in [4.69, 9.17) is 5.73 Å². The second kappa shape index (κ2) is 4.09. The predicted molar refractivity (Wildman–Crippen MR) is 67.6 cm³/mol. The molecule has 0 bridgehead atoms. The fourth-order valence-corrected chi connectivity index (χ4v) is 2.41. The van der Waals surface area contributed by atoms with Gasteiger partial charge in [0.15, 0.2) is 5.65 Å². The molecule has 1 saturated carbocycles. The maximum Gasteiger partial charge on any atom is 0.364 e. The first-order valence-electron chi connectivity index (χ1n) is 6.04. The number of nitrogens with one attached hydrogen (secondary N) is 1. The van der Waals surface area contributed by atoms with Crippen molar-refractivity contribution >= 4 is 11.5 Å². The molecule has 2 heterocycles. The fraction of sp³-hybridized carbons (Fsp3) is 0.545. The van der Waals surface area contributed by atoms with Crippen molar-refractivity contribution in [2.45, 2.75) is 18.9 Å². The highest BCUT2D eigenvalue weighted by molar-refractivity contribution is 5.44. The number of H-pyrrole nitrogens is 1. The van der Waals surface area contributed by atoms with Crippen LogP contribution in [0.5, 0.6) is 0 Å². The average Bonchev–Trinajstić information content (AvgIpc) is 2.69. The third kappa shape index (κ3) is 1.86. The molecule has 7 nitrogen and oxygen atoms in total. The van der Waals surface area contributed by atoms with E-state index < -0.39 is 0 Å². The van der Waals surface area contributed by atoms with Crippen LogP contribution in [0.3, 0.4) is 0 Å². The van der Waals surface area contributed by atoms with Crippen LogP contribution in [0.4, 0.5) is 5.82 Å². The number of aromatic nitrogens is 4. The standard InChI is InChI=1S/C11H16N6O/c1-16(6-7-4-8(12)5-7)10-3-2-9-13-14-11(18)17(9)15-10/h2-3,7-8H,4-6,12H2,1H3,(H,14,18). The van der Waals surface area contributed by atoms with E-state index in [0.717, 1.165) is 25.2 Å². The van der Waals surface area contributed by atoms with Crippen molar-refractivity contribution in [3.63, 3.8) is 0 Å². The number of nitrogens with two attached hydrogens (primary N) is 1. The summed E-state index contributed by atoms with van der Waals surface area (Å²) in [7, 11) is 1.98. The summed E-state index contributed by atoms with van der Waals surface area (Å²) in [4.78, 5) is 13.5. The number of hydrogen-bond donors (Lipinski definition) is 2. The van der Waals surface area contributed by atoms with E-state index >= 15 is 0 Å². The fourth-order valence-electron chi connectivity index (χ4n) is 2.41. The summed E-state index contributed by atoms with van der Waals surface area (Å²) in [6.07, 6.45) is 2.14. The Bertz CT molecular complexity index is 611. The van der Waals surface area contributed by atoms with Gasteiger partial charge in [-0.15, -0.1) is 5.10 Å². The van der Waals surface area contributed by atoms with Crippen LogP contribution in [0.2, 0.25) is 0 Å². The van der Waals surface area contributed by atoms with Crippen molar-refractivity contribution in [2.24, 2.45) is 11.7 Å². The van der Waals surface area contributed by atoms with Gasteiger partial charge in [-0.1, -0.05) is 0 Å². The molecule has 96 valence electrons. The average molecular weight is 248 g/mol. The molecule has 0 spiro atoms. The molecule has 0 aliphatic heterocycles. The smallest absolute Gasteiger partial charge is 0.358 e. The molecule has 1 aliphatic carbocycles. The number of rotatable bonds is 3.